The Kier molecular flexibility index (Phi) is 4.50. The van der Waals surface area contributed by atoms with Crippen LogP contribution in [-0.4, -0.2) is 20.9 Å². The molecule has 0 aliphatic rings. The second kappa shape index (κ2) is 6.73. The minimum Gasteiger partial charge on any atom is -0.321 e. The number of benzene rings is 1. The fourth-order valence-corrected chi connectivity index (χ4v) is 2.22. The molecule has 0 aliphatic carbocycles. The Balaban J connectivity index is 1.87. The number of nitrogens with zero attached hydrogens (tertiary/aromatic N) is 3. The van der Waals surface area contributed by atoms with Crippen LogP contribution in [0.15, 0.2) is 55.1 Å². The average Bonchev–Trinajstić information content (AvgIpc) is 2.58. The van der Waals surface area contributed by atoms with E-state index in [1.165, 1.54) is 6.33 Å². The number of aromatic nitrogens is 3. The molecule has 114 valence electrons. The van der Waals surface area contributed by atoms with Crippen molar-refractivity contribution in [1.29, 1.82) is 0 Å². The van der Waals surface area contributed by atoms with Gasteiger partial charge in [0.15, 0.2) is 0 Å². The molecule has 1 N–H and O–H groups in total. The van der Waals surface area contributed by atoms with E-state index >= 15 is 0 Å². The number of hydrogen-bond donors (Lipinski definition) is 1. The summed E-state index contributed by atoms with van der Waals surface area (Å²) >= 11 is 11.9. The molecule has 2 heterocycles. The van der Waals surface area contributed by atoms with Gasteiger partial charge in [0, 0.05) is 23.6 Å². The Morgan fingerprint density at radius 1 is 0.957 bits per heavy atom. The number of hydrogen-bond acceptors (Lipinski definition) is 4. The third-order valence-electron chi connectivity index (χ3n) is 3.05. The molecular weight excluding hydrogens is 335 g/mol. The Hall–Kier alpha value is -2.50. The van der Waals surface area contributed by atoms with Gasteiger partial charge in [-0.25, -0.2) is 9.97 Å². The Labute approximate surface area is 142 Å². The number of carbonyl (C=O) groups is 1. The van der Waals surface area contributed by atoms with Gasteiger partial charge in [0.2, 0.25) is 0 Å². The van der Waals surface area contributed by atoms with E-state index in [1.807, 2.05) is 0 Å². The highest BCUT2D eigenvalue weighted by Crippen LogP contribution is 2.27. The number of halogens is 2. The molecule has 3 aromatic rings. The number of nitrogens with one attached hydrogen (secondary N) is 1. The molecule has 0 saturated carbocycles. The van der Waals surface area contributed by atoms with Crippen LogP contribution in [0.3, 0.4) is 0 Å². The molecule has 23 heavy (non-hydrogen) atoms. The van der Waals surface area contributed by atoms with E-state index in [2.05, 4.69) is 20.3 Å². The summed E-state index contributed by atoms with van der Waals surface area (Å²) in [5.74, 6) is -0.333. The van der Waals surface area contributed by atoms with Crippen LogP contribution < -0.4 is 5.32 Å². The summed E-state index contributed by atoms with van der Waals surface area (Å²) in [6, 6.07) is 10.1. The van der Waals surface area contributed by atoms with Crippen molar-refractivity contribution < 1.29 is 4.79 Å². The third-order valence-corrected chi connectivity index (χ3v) is 3.79. The molecular formula is C16H10Cl2N4O. The van der Waals surface area contributed by atoms with E-state index in [1.54, 1.807) is 48.8 Å². The summed E-state index contributed by atoms with van der Waals surface area (Å²) in [4.78, 5) is 24.3. The number of anilines is 1. The second-order valence-electron chi connectivity index (χ2n) is 4.61. The van der Waals surface area contributed by atoms with E-state index in [-0.39, 0.29) is 11.6 Å². The fourth-order valence-electron chi connectivity index (χ4n) is 1.93. The maximum atomic E-state index is 12.2. The van der Waals surface area contributed by atoms with Crippen LogP contribution in [0.1, 0.15) is 10.5 Å². The van der Waals surface area contributed by atoms with Crippen LogP contribution in [-0.2, 0) is 0 Å². The Morgan fingerprint density at radius 2 is 1.74 bits per heavy atom. The maximum Gasteiger partial charge on any atom is 0.274 e. The van der Waals surface area contributed by atoms with Crippen molar-refractivity contribution in [1.82, 2.24) is 15.0 Å². The highest BCUT2D eigenvalue weighted by atomic mass is 35.5. The number of rotatable bonds is 3. The third kappa shape index (κ3) is 3.64. The summed E-state index contributed by atoms with van der Waals surface area (Å²) in [6.45, 7) is 0. The number of carbonyl (C=O) groups excluding carboxylic acids is 1. The first-order valence-electron chi connectivity index (χ1n) is 6.62. The minimum absolute atomic E-state index is 0.248. The van der Waals surface area contributed by atoms with Gasteiger partial charge in [-0.3, -0.25) is 9.78 Å². The van der Waals surface area contributed by atoms with E-state index < -0.39 is 0 Å². The van der Waals surface area contributed by atoms with Crippen LogP contribution in [0.5, 0.6) is 0 Å². The van der Waals surface area contributed by atoms with E-state index in [4.69, 9.17) is 23.2 Å². The average molecular weight is 345 g/mol. The van der Waals surface area contributed by atoms with Gasteiger partial charge in [0.25, 0.3) is 5.91 Å². The maximum absolute atomic E-state index is 12.2. The lowest BCUT2D eigenvalue weighted by molar-refractivity contribution is 0.102. The lowest BCUT2D eigenvalue weighted by Gasteiger charge is -2.06. The molecule has 7 heteroatoms. The molecule has 0 saturated heterocycles. The highest BCUT2D eigenvalue weighted by Gasteiger charge is 2.11. The first-order valence-corrected chi connectivity index (χ1v) is 7.38. The summed E-state index contributed by atoms with van der Waals surface area (Å²) in [7, 11) is 0. The standard InChI is InChI=1S/C16H10Cl2N4O/c17-12-2-1-10(7-13(12)18)14-8-15(21-9-20-14)16(23)22-11-3-5-19-6-4-11/h1-9H,(H,19,22,23). The molecule has 2 aromatic heterocycles. The summed E-state index contributed by atoms with van der Waals surface area (Å²) in [6.07, 6.45) is 4.52. The van der Waals surface area contributed by atoms with Crippen LogP contribution >= 0.6 is 23.2 Å². The molecule has 0 atom stereocenters. The van der Waals surface area contributed by atoms with Crippen molar-refractivity contribution in [3.05, 3.63) is 70.9 Å². The monoisotopic (exact) mass is 344 g/mol. The zero-order valence-electron chi connectivity index (χ0n) is 11.7. The predicted octanol–water partition coefficient (Wildman–Crippen LogP) is 4.10. The number of pyridine rings is 1. The molecule has 0 aliphatic heterocycles. The molecule has 0 radical (unpaired) electrons. The number of amides is 1. The summed E-state index contributed by atoms with van der Waals surface area (Å²) in [5.41, 5.74) is 2.22. The van der Waals surface area contributed by atoms with Crippen molar-refractivity contribution in [2.45, 2.75) is 0 Å². The quantitative estimate of drug-likeness (QED) is 0.776. The van der Waals surface area contributed by atoms with Gasteiger partial charge in [0.1, 0.15) is 12.0 Å². The van der Waals surface area contributed by atoms with Crippen molar-refractivity contribution in [3.8, 4) is 11.3 Å². The molecule has 0 bridgehead atoms. The lowest BCUT2D eigenvalue weighted by atomic mass is 10.1. The van der Waals surface area contributed by atoms with Crippen molar-refractivity contribution in [2.75, 3.05) is 5.32 Å². The normalized spacial score (nSPS) is 10.3. The Morgan fingerprint density at radius 3 is 2.48 bits per heavy atom. The topological polar surface area (TPSA) is 67.8 Å². The van der Waals surface area contributed by atoms with Crippen LogP contribution in [0.4, 0.5) is 5.69 Å². The summed E-state index contributed by atoms with van der Waals surface area (Å²) < 4.78 is 0. The smallest absolute Gasteiger partial charge is 0.274 e. The summed E-state index contributed by atoms with van der Waals surface area (Å²) in [5, 5.41) is 3.62. The van der Waals surface area contributed by atoms with E-state index in [9.17, 15) is 4.79 Å². The first kappa shape index (κ1) is 15.4. The van der Waals surface area contributed by atoms with Gasteiger partial charge in [-0.05, 0) is 30.3 Å². The first-order chi connectivity index (χ1) is 11.1. The van der Waals surface area contributed by atoms with E-state index in [0.29, 0.717) is 21.4 Å². The Bertz CT molecular complexity index is 856. The molecule has 0 unspecified atom stereocenters. The van der Waals surface area contributed by atoms with Gasteiger partial charge >= 0.3 is 0 Å². The SMILES string of the molecule is O=C(Nc1ccncc1)c1cc(-c2ccc(Cl)c(Cl)c2)ncn1. The molecule has 0 spiro atoms. The van der Waals surface area contributed by atoms with Crippen molar-refractivity contribution in [3.63, 3.8) is 0 Å². The van der Waals surface area contributed by atoms with Gasteiger partial charge < -0.3 is 5.32 Å². The lowest BCUT2D eigenvalue weighted by Crippen LogP contribution is -2.14. The minimum atomic E-state index is -0.333. The van der Waals surface area contributed by atoms with Crippen molar-refractivity contribution >= 4 is 34.8 Å². The largest absolute Gasteiger partial charge is 0.321 e. The zero-order valence-corrected chi connectivity index (χ0v) is 13.2. The van der Waals surface area contributed by atoms with Crippen LogP contribution in [0.2, 0.25) is 10.0 Å². The van der Waals surface area contributed by atoms with Gasteiger partial charge in [-0.15, -0.1) is 0 Å². The molecule has 3 rings (SSSR count). The second-order valence-corrected chi connectivity index (χ2v) is 5.42. The van der Waals surface area contributed by atoms with Crippen LogP contribution in [0.25, 0.3) is 11.3 Å². The van der Waals surface area contributed by atoms with Gasteiger partial charge in [-0.1, -0.05) is 29.3 Å². The molecule has 1 aromatic carbocycles. The zero-order chi connectivity index (χ0) is 16.2. The van der Waals surface area contributed by atoms with Gasteiger partial charge in [0.05, 0.1) is 15.7 Å². The van der Waals surface area contributed by atoms with Gasteiger partial charge in [-0.2, -0.15) is 0 Å². The van der Waals surface area contributed by atoms with Crippen LogP contribution in [0, 0.1) is 0 Å². The molecule has 1 amide bonds. The van der Waals surface area contributed by atoms with Crippen molar-refractivity contribution in [2.24, 2.45) is 0 Å². The molecule has 5 nitrogen and oxygen atoms in total. The van der Waals surface area contributed by atoms with E-state index in [0.717, 1.165) is 5.56 Å². The highest BCUT2D eigenvalue weighted by molar-refractivity contribution is 6.42. The molecule has 0 fully saturated rings. The fraction of sp³-hybridized carbons (Fsp3) is 0. The predicted molar refractivity (Wildman–Crippen MR) is 89.7 cm³/mol.